The Labute approximate surface area is 167 Å². The summed E-state index contributed by atoms with van der Waals surface area (Å²) in [4.78, 5) is 12.6. The molecule has 152 valence electrons. The number of carbonyl (C=O) groups is 1. The molecule has 2 aromatic carbocycles. The monoisotopic (exact) mass is 401 g/mol. The quantitative estimate of drug-likeness (QED) is 0.659. The van der Waals surface area contributed by atoms with Gasteiger partial charge in [0.05, 0.1) is 23.4 Å². The molecule has 0 spiro atoms. The van der Waals surface area contributed by atoms with Crippen molar-refractivity contribution in [2.75, 3.05) is 6.54 Å². The Morgan fingerprint density at radius 3 is 2.28 bits per heavy atom. The van der Waals surface area contributed by atoms with Gasteiger partial charge >= 0.3 is 6.18 Å². The van der Waals surface area contributed by atoms with E-state index in [9.17, 15) is 18.0 Å². The van der Waals surface area contributed by atoms with Gasteiger partial charge in [0.1, 0.15) is 0 Å². The van der Waals surface area contributed by atoms with Gasteiger partial charge in [0.25, 0.3) is 5.91 Å². The van der Waals surface area contributed by atoms with E-state index in [0.29, 0.717) is 30.8 Å². The summed E-state index contributed by atoms with van der Waals surface area (Å²) < 4.78 is 39.6. The third kappa shape index (κ3) is 5.04. The number of nitrogens with one attached hydrogen (secondary N) is 1. The molecule has 0 radical (unpaired) electrons. The maximum atomic E-state index is 12.6. The number of hydrogen-bond acceptors (Lipinski definition) is 2. The van der Waals surface area contributed by atoms with Gasteiger partial charge in [0.2, 0.25) is 0 Å². The summed E-state index contributed by atoms with van der Waals surface area (Å²) in [5.74, 6) is -0.230. The number of aromatic nitrogens is 2. The molecule has 7 heteroatoms. The van der Waals surface area contributed by atoms with E-state index in [-0.39, 0.29) is 5.91 Å². The van der Waals surface area contributed by atoms with E-state index in [1.165, 1.54) is 12.1 Å². The summed E-state index contributed by atoms with van der Waals surface area (Å²) in [7, 11) is 0. The first-order valence-corrected chi connectivity index (χ1v) is 9.28. The summed E-state index contributed by atoms with van der Waals surface area (Å²) in [6, 6.07) is 14.8. The Bertz CT molecular complexity index is 977. The summed E-state index contributed by atoms with van der Waals surface area (Å²) >= 11 is 0. The molecule has 0 bridgehead atoms. The molecule has 0 unspecified atom stereocenters. The Kier molecular flexibility index (Phi) is 6.06. The van der Waals surface area contributed by atoms with E-state index < -0.39 is 11.7 Å². The van der Waals surface area contributed by atoms with Crippen LogP contribution in [0.1, 0.15) is 38.4 Å². The first kappa shape index (κ1) is 20.6. The second-order valence-electron chi connectivity index (χ2n) is 6.89. The van der Waals surface area contributed by atoms with Gasteiger partial charge in [0, 0.05) is 12.2 Å². The van der Waals surface area contributed by atoms with Crippen LogP contribution in [-0.2, 0) is 19.1 Å². The zero-order valence-electron chi connectivity index (χ0n) is 16.3. The highest BCUT2D eigenvalue weighted by Gasteiger charge is 2.29. The molecule has 0 aliphatic rings. The minimum absolute atomic E-state index is 0.230. The number of carbonyl (C=O) groups excluding carboxylic acids is 1. The molecule has 1 N–H and O–H groups in total. The number of benzene rings is 2. The second kappa shape index (κ2) is 8.51. The number of amides is 1. The van der Waals surface area contributed by atoms with Gasteiger partial charge in [-0.15, -0.1) is 0 Å². The lowest BCUT2D eigenvalue weighted by atomic mass is 10.1. The van der Waals surface area contributed by atoms with E-state index in [2.05, 4.69) is 10.4 Å². The van der Waals surface area contributed by atoms with Crippen LogP contribution in [-0.4, -0.2) is 22.2 Å². The molecule has 0 aliphatic carbocycles. The average Bonchev–Trinajstić information content (AvgIpc) is 2.95. The third-order valence-electron chi connectivity index (χ3n) is 4.76. The second-order valence-corrected chi connectivity index (χ2v) is 6.89. The molecule has 3 rings (SSSR count). The van der Waals surface area contributed by atoms with Crippen LogP contribution in [0.25, 0.3) is 0 Å². The number of hydrogen-bond donors (Lipinski definition) is 1. The van der Waals surface area contributed by atoms with Crippen LogP contribution in [0.5, 0.6) is 0 Å². The normalized spacial score (nSPS) is 11.5. The Hall–Kier alpha value is -3.09. The van der Waals surface area contributed by atoms with Crippen molar-refractivity contribution in [3.63, 3.8) is 0 Å². The predicted octanol–water partition coefficient (Wildman–Crippen LogP) is 4.54. The van der Waals surface area contributed by atoms with Crippen molar-refractivity contribution in [1.29, 1.82) is 0 Å². The maximum absolute atomic E-state index is 12.6. The number of aryl methyl sites for hydroxylation is 1. The Balaban J connectivity index is 1.61. The molecule has 1 amide bonds. The molecular formula is C22H22F3N3O. The van der Waals surface area contributed by atoms with Crippen molar-refractivity contribution in [2.45, 2.75) is 33.0 Å². The van der Waals surface area contributed by atoms with Crippen LogP contribution < -0.4 is 5.32 Å². The highest BCUT2D eigenvalue weighted by atomic mass is 19.4. The van der Waals surface area contributed by atoms with Crippen molar-refractivity contribution in [1.82, 2.24) is 15.1 Å². The van der Waals surface area contributed by atoms with Gasteiger partial charge in [0.15, 0.2) is 0 Å². The van der Waals surface area contributed by atoms with Crippen LogP contribution in [0.4, 0.5) is 13.2 Å². The summed E-state index contributed by atoms with van der Waals surface area (Å²) in [5.41, 5.74) is 3.10. The third-order valence-corrected chi connectivity index (χ3v) is 4.76. The highest BCUT2D eigenvalue weighted by Crippen LogP contribution is 2.29. The molecule has 1 heterocycles. The van der Waals surface area contributed by atoms with Gasteiger partial charge in [-0.05, 0) is 43.5 Å². The van der Waals surface area contributed by atoms with E-state index in [1.54, 1.807) is 11.6 Å². The topological polar surface area (TPSA) is 46.9 Å². The van der Waals surface area contributed by atoms with Crippen LogP contribution in [0.15, 0.2) is 54.6 Å². The lowest BCUT2D eigenvalue weighted by Gasteiger charge is -2.09. The largest absolute Gasteiger partial charge is 0.416 e. The minimum Gasteiger partial charge on any atom is -0.352 e. The molecule has 4 nitrogen and oxygen atoms in total. The zero-order chi connectivity index (χ0) is 21.0. The molecule has 0 aliphatic heterocycles. The standard InChI is InChI=1S/C22H22F3N3O/c1-15-20(16(2)28(27-15)14-18-6-4-3-5-7-18)21(29)26-13-12-17-8-10-19(11-9-17)22(23,24)25/h3-11H,12-14H2,1-2H3,(H,26,29). The lowest BCUT2D eigenvalue weighted by Crippen LogP contribution is -2.26. The number of nitrogens with zero attached hydrogens (tertiary/aromatic N) is 2. The average molecular weight is 401 g/mol. The fourth-order valence-corrected chi connectivity index (χ4v) is 3.20. The van der Waals surface area contributed by atoms with Gasteiger partial charge in [-0.3, -0.25) is 9.48 Å². The maximum Gasteiger partial charge on any atom is 0.416 e. The predicted molar refractivity (Wildman–Crippen MR) is 105 cm³/mol. The molecule has 1 aromatic heterocycles. The molecule has 0 saturated heterocycles. The van der Waals surface area contributed by atoms with Gasteiger partial charge in [-0.2, -0.15) is 18.3 Å². The summed E-state index contributed by atoms with van der Waals surface area (Å²) in [6.45, 7) is 4.55. The van der Waals surface area contributed by atoms with E-state index in [1.807, 2.05) is 37.3 Å². The molecule has 0 fully saturated rings. The molecule has 29 heavy (non-hydrogen) atoms. The van der Waals surface area contributed by atoms with E-state index in [4.69, 9.17) is 0 Å². The first-order chi connectivity index (χ1) is 13.8. The molecule has 3 aromatic rings. The van der Waals surface area contributed by atoms with Crippen molar-refractivity contribution in [3.05, 3.63) is 88.2 Å². The Morgan fingerprint density at radius 2 is 1.66 bits per heavy atom. The molecular weight excluding hydrogens is 379 g/mol. The fraction of sp³-hybridized carbons (Fsp3) is 0.273. The lowest BCUT2D eigenvalue weighted by molar-refractivity contribution is -0.137. The number of rotatable bonds is 6. The highest BCUT2D eigenvalue weighted by molar-refractivity contribution is 5.96. The smallest absolute Gasteiger partial charge is 0.352 e. The minimum atomic E-state index is -4.35. The Morgan fingerprint density at radius 1 is 1.00 bits per heavy atom. The van der Waals surface area contributed by atoms with Gasteiger partial charge in [-0.25, -0.2) is 0 Å². The zero-order valence-corrected chi connectivity index (χ0v) is 16.3. The van der Waals surface area contributed by atoms with Crippen molar-refractivity contribution in [3.8, 4) is 0 Å². The summed E-state index contributed by atoms with van der Waals surface area (Å²) in [6.07, 6.45) is -3.90. The number of alkyl halides is 3. The van der Waals surface area contributed by atoms with Gasteiger partial charge in [-0.1, -0.05) is 42.5 Å². The molecule has 0 saturated carbocycles. The van der Waals surface area contributed by atoms with Crippen LogP contribution in [0, 0.1) is 13.8 Å². The number of halogens is 3. The SMILES string of the molecule is Cc1nn(Cc2ccccc2)c(C)c1C(=O)NCCc1ccc(C(F)(F)F)cc1. The van der Waals surface area contributed by atoms with Crippen LogP contribution in [0.3, 0.4) is 0 Å². The van der Waals surface area contributed by atoms with Crippen molar-refractivity contribution >= 4 is 5.91 Å². The van der Waals surface area contributed by atoms with Crippen LogP contribution >= 0.6 is 0 Å². The van der Waals surface area contributed by atoms with Crippen molar-refractivity contribution < 1.29 is 18.0 Å². The van der Waals surface area contributed by atoms with E-state index in [0.717, 1.165) is 29.0 Å². The molecule has 0 atom stereocenters. The van der Waals surface area contributed by atoms with Crippen LogP contribution in [0.2, 0.25) is 0 Å². The van der Waals surface area contributed by atoms with E-state index >= 15 is 0 Å². The summed E-state index contributed by atoms with van der Waals surface area (Å²) in [5, 5.41) is 7.31. The van der Waals surface area contributed by atoms with Crippen molar-refractivity contribution in [2.24, 2.45) is 0 Å². The van der Waals surface area contributed by atoms with Gasteiger partial charge < -0.3 is 5.32 Å². The fourth-order valence-electron chi connectivity index (χ4n) is 3.20. The first-order valence-electron chi connectivity index (χ1n) is 9.28.